The average Bonchev–Trinajstić information content (AvgIpc) is 3.33. The molecule has 2 atom stereocenters. The molecule has 0 spiro atoms. The zero-order valence-electron chi connectivity index (χ0n) is 26.8. The van der Waals surface area contributed by atoms with E-state index in [0.717, 1.165) is 27.2 Å². The Hall–Kier alpha value is -5.26. The van der Waals surface area contributed by atoms with Crippen LogP contribution < -0.4 is 26.0 Å². The van der Waals surface area contributed by atoms with E-state index < -0.39 is 39.9 Å². The van der Waals surface area contributed by atoms with Gasteiger partial charge in [0.1, 0.15) is 12.1 Å². The Bertz CT molecular complexity index is 1980. The number of aliphatic carboxylic acids is 1. The van der Waals surface area contributed by atoms with Gasteiger partial charge in [-0.1, -0.05) is 6.07 Å². The lowest BCUT2D eigenvalue weighted by Crippen LogP contribution is -2.46. The largest absolute Gasteiger partial charge is 0.481 e. The molecule has 0 bridgehead atoms. The van der Waals surface area contributed by atoms with Gasteiger partial charge in [-0.05, 0) is 68.7 Å². The maximum atomic E-state index is 13.9. The third-order valence-corrected chi connectivity index (χ3v) is 8.88. The monoisotopic (exact) mass is 679 g/mol. The number of aromatic nitrogens is 4. The van der Waals surface area contributed by atoms with Gasteiger partial charge >= 0.3 is 5.97 Å². The molecule has 0 unspecified atom stereocenters. The molecule has 0 fully saturated rings. The van der Waals surface area contributed by atoms with Crippen molar-refractivity contribution in [3.8, 4) is 0 Å². The zero-order chi connectivity index (χ0) is 35.3. The molecule has 16 nitrogen and oxygen atoms in total. The number of hydrogen-bond acceptors (Lipinski definition) is 11. The number of fused-ring (bicyclic) bond motifs is 1. The van der Waals surface area contributed by atoms with Gasteiger partial charge in [0.25, 0.3) is 0 Å². The zero-order valence-corrected chi connectivity index (χ0v) is 27.6. The summed E-state index contributed by atoms with van der Waals surface area (Å²) in [5.41, 5.74) is 8.74. The van der Waals surface area contributed by atoms with Crippen molar-refractivity contribution in [1.82, 2.24) is 25.1 Å². The highest BCUT2D eigenvalue weighted by atomic mass is 32.2. The van der Waals surface area contributed by atoms with E-state index in [2.05, 4.69) is 20.4 Å². The van der Waals surface area contributed by atoms with Crippen LogP contribution >= 0.6 is 0 Å². The maximum absolute atomic E-state index is 13.9. The Morgan fingerprint density at radius 3 is 2.44 bits per heavy atom. The van der Waals surface area contributed by atoms with Crippen molar-refractivity contribution in [3.63, 3.8) is 0 Å². The summed E-state index contributed by atoms with van der Waals surface area (Å²) < 4.78 is 26.5. The number of anilines is 4. The first-order valence-corrected chi connectivity index (χ1v) is 16.3. The minimum absolute atomic E-state index is 0.0919. The second kappa shape index (κ2) is 14.7. The number of nitrogens with one attached hydrogen (secondary N) is 1. The van der Waals surface area contributed by atoms with Crippen molar-refractivity contribution in [2.24, 2.45) is 17.9 Å². The number of sulfonamides is 1. The van der Waals surface area contributed by atoms with Crippen molar-refractivity contribution in [1.29, 1.82) is 0 Å². The summed E-state index contributed by atoms with van der Waals surface area (Å²) in [5, 5.41) is 22.3. The first kappa shape index (κ1) is 35.6. The van der Waals surface area contributed by atoms with E-state index in [1.54, 1.807) is 29.6 Å². The van der Waals surface area contributed by atoms with E-state index in [-0.39, 0.29) is 42.2 Å². The third kappa shape index (κ3) is 8.17. The molecule has 2 aromatic heterocycles. The number of carbonyl (C=O) groups is 4. The minimum Gasteiger partial charge on any atom is -0.481 e. The van der Waals surface area contributed by atoms with Crippen LogP contribution in [0, 0.1) is 13.8 Å². The second-order valence-electron chi connectivity index (χ2n) is 11.2. The molecule has 4 aromatic rings. The van der Waals surface area contributed by atoms with E-state index in [1.165, 1.54) is 24.4 Å². The molecular formula is C31H37N9O7S. The predicted molar refractivity (Wildman–Crippen MR) is 177 cm³/mol. The Morgan fingerprint density at radius 1 is 1.06 bits per heavy atom. The van der Waals surface area contributed by atoms with Crippen molar-refractivity contribution < 1.29 is 32.7 Å². The number of nitrogens with two attached hydrogens (primary N) is 2. The van der Waals surface area contributed by atoms with E-state index in [1.807, 2.05) is 32.2 Å². The molecule has 0 radical (unpaired) electrons. The molecule has 0 saturated heterocycles. The highest BCUT2D eigenvalue weighted by Gasteiger charge is 2.26. The number of primary sulfonamides is 1. The third-order valence-electron chi connectivity index (χ3n) is 7.83. The van der Waals surface area contributed by atoms with Crippen LogP contribution in [0.1, 0.15) is 36.9 Å². The molecule has 4 rings (SSSR count). The number of aryl methyl sites for hydroxylation is 3. The second-order valence-corrected chi connectivity index (χ2v) is 12.8. The van der Waals surface area contributed by atoms with Crippen LogP contribution in [0.3, 0.4) is 0 Å². The average molecular weight is 680 g/mol. The van der Waals surface area contributed by atoms with Crippen LogP contribution in [0.2, 0.25) is 0 Å². The van der Waals surface area contributed by atoms with Gasteiger partial charge in [0.2, 0.25) is 27.8 Å². The normalized spacial score (nSPS) is 12.7. The number of hydrogen-bond donors (Lipinski definition) is 4. The molecule has 2 heterocycles. The summed E-state index contributed by atoms with van der Waals surface area (Å²) in [5.74, 6) is -2.19. The standard InChI is InChI=1S/C31H37N9O7S/c1-18-5-7-22(16-26(18)48(33,46)47)40(28(42)11-6-20(17-41)35-30(45)24(32)10-12-29(43)44)31-34-14-13-27(36-31)38(3)21-8-9-23-19(2)39(4)37-25(23)15-21/h5,7-9,13-17,20,24H,6,10-12,32H2,1-4H3,(H,35,45)(H,43,44)(H2,33,46,47)/t20-,24-/m0/s1. The van der Waals surface area contributed by atoms with E-state index in [0.29, 0.717) is 17.7 Å². The van der Waals surface area contributed by atoms with E-state index in [4.69, 9.17) is 16.0 Å². The Morgan fingerprint density at radius 2 is 1.77 bits per heavy atom. The van der Waals surface area contributed by atoms with Gasteiger partial charge in [-0.25, -0.2) is 23.4 Å². The first-order valence-electron chi connectivity index (χ1n) is 14.8. The summed E-state index contributed by atoms with van der Waals surface area (Å²) >= 11 is 0. The van der Waals surface area contributed by atoms with Crippen LogP contribution in [0.15, 0.2) is 53.6 Å². The highest BCUT2D eigenvalue weighted by Crippen LogP contribution is 2.31. The number of benzene rings is 2. The summed E-state index contributed by atoms with van der Waals surface area (Å²) in [6.07, 6.45) is 0.933. The van der Waals surface area contributed by atoms with Crippen LogP contribution in [0.4, 0.5) is 23.1 Å². The summed E-state index contributed by atoms with van der Waals surface area (Å²) in [6, 6.07) is 9.33. The maximum Gasteiger partial charge on any atom is 0.303 e. The quantitative estimate of drug-likeness (QED) is 0.139. The number of aldehydes is 1. The predicted octanol–water partition coefficient (Wildman–Crippen LogP) is 1.72. The van der Waals surface area contributed by atoms with Gasteiger partial charge < -0.3 is 25.9 Å². The number of carboxylic acids is 1. The van der Waals surface area contributed by atoms with Crippen molar-refractivity contribution in [3.05, 3.63) is 59.9 Å². The van der Waals surface area contributed by atoms with Crippen LogP contribution in [-0.4, -0.2) is 76.5 Å². The minimum atomic E-state index is -4.17. The topological polar surface area (TPSA) is 237 Å². The van der Waals surface area contributed by atoms with Gasteiger partial charge in [-0.15, -0.1) is 0 Å². The molecule has 2 amide bonds. The van der Waals surface area contributed by atoms with Crippen LogP contribution in [0.25, 0.3) is 10.9 Å². The van der Waals surface area contributed by atoms with Gasteiger partial charge in [-0.2, -0.15) is 10.1 Å². The van der Waals surface area contributed by atoms with E-state index >= 15 is 0 Å². The summed E-state index contributed by atoms with van der Waals surface area (Å²) in [7, 11) is -0.539. The molecule has 2 aromatic carbocycles. The van der Waals surface area contributed by atoms with Crippen LogP contribution in [0.5, 0.6) is 0 Å². The lowest BCUT2D eigenvalue weighted by molar-refractivity contribution is -0.137. The lowest BCUT2D eigenvalue weighted by atomic mass is 10.1. The first-order chi connectivity index (χ1) is 22.6. The van der Waals surface area contributed by atoms with Gasteiger partial charge in [0.05, 0.1) is 28.2 Å². The van der Waals surface area contributed by atoms with E-state index in [9.17, 15) is 27.6 Å². The van der Waals surface area contributed by atoms with Gasteiger partial charge in [0.15, 0.2) is 0 Å². The van der Waals surface area contributed by atoms with Crippen molar-refractivity contribution in [2.45, 2.75) is 56.5 Å². The molecular weight excluding hydrogens is 642 g/mol. The number of rotatable bonds is 14. The molecule has 48 heavy (non-hydrogen) atoms. The Balaban J connectivity index is 1.66. The Kier molecular flexibility index (Phi) is 10.9. The SMILES string of the molecule is Cc1ccc(N(C(=O)CC[C@@H](C=O)NC(=O)[C@@H](N)CCC(=O)O)c2nccc(N(C)c3ccc4c(C)n(C)nc4c3)n2)cc1S(N)(=O)=O. The lowest BCUT2D eigenvalue weighted by Gasteiger charge is -2.25. The molecule has 6 N–H and O–H groups in total. The molecule has 254 valence electrons. The number of nitrogens with zero attached hydrogens (tertiary/aromatic N) is 6. The fourth-order valence-electron chi connectivity index (χ4n) is 4.96. The smallest absolute Gasteiger partial charge is 0.303 e. The molecule has 17 heteroatoms. The van der Waals surface area contributed by atoms with Crippen molar-refractivity contribution in [2.75, 3.05) is 16.8 Å². The fraction of sp³-hybridized carbons (Fsp3) is 0.323. The molecule has 0 aliphatic heterocycles. The summed E-state index contributed by atoms with van der Waals surface area (Å²) in [4.78, 5) is 60.5. The fourth-order valence-corrected chi connectivity index (χ4v) is 5.77. The number of amides is 2. The molecule has 0 aliphatic carbocycles. The van der Waals surface area contributed by atoms with Crippen LogP contribution in [-0.2, 0) is 36.2 Å². The number of carboxylic acid groups (broad SMARTS) is 1. The number of carbonyl (C=O) groups excluding carboxylic acids is 3. The van der Waals surface area contributed by atoms with Gasteiger partial charge in [-0.3, -0.25) is 19.1 Å². The molecule has 0 aliphatic rings. The van der Waals surface area contributed by atoms with Gasteiger partial charge in [0, 0.05) is 49.9 Å². The Labute approximate surface area is 276 Å². The highest BCUT2D eigenvalue weighted by molar-refractivity contribution is 7.89. The van der Waals surface area contributed by atoms with Crippen molar-refractivity contribution >= 4 is 68.1 Å². The molecule has 0 saturated carbocycles. The summed E-state index contributed by atoms with van der Waals surface area (Å²) in [6.45, 7) is 3.52.